The number of phenols is 1. The first kappa shape index (κ1) is 20.3. The zero-order chi connectivity index (χ0) is 18.8. The summed E-state index contributed by atoms with van der Waals surface area (Å²) in [5.41, 5.74) is 1.13. The Morgan fingerprint density at radius 3 is 2.12 bits per heavy atom. The van der Waals surface area contributed by atoms with Gasteiger partial charge in [-0.15, -0.1) is 0 Å². The van der Waals surface area contributed by atoms with Gasteiger partial charge in [-0.2, -0.15) is 0 Å². The summed E-state index contributed by atoms with van der Waals surface area (Å²) in [6, 6.07) is 7.15. The second-order valence-electron chi connectivity index (χ2n) is 7.30. The van der Waals surface area contributed by atoms with Crippen LogP contribution in [0.2, 0.25) is 0 Å². The number of aromatic hydroxyl groups is 1. The highest BCUT2D eigenvalue weighted by Gasteiger charge is 2.43. The first-order valence-corrected chi connectivity index (χ1v) is 9.86. The van der Waals surface area contributed by atoms with Crippen LogP contribution < -0.4 is 5.32 Å². The summed E-state index contributed by atoms with van der Waals surface area (Å²) in [6.45, 7) is 0.746. The molecule has 1 fully saturated rings. The van der Waals surface area contributed by atoms with Gasteiger partial charge in [0.25, 0.3) is 0 Å². The predicted octanol–water partition coefficient (Wildman–Crippen LogP) is 4.21. The molecule has 0 heterocycles. The second kappa shape index (κ2) is 10.8. The molecule has 0 saturated heterocycles. The van der Waals surface area contributed by atoms with Gasteiger partial charge in [-0.25, -0.2) is 0 Å². The van der Waals surface area contributed by atoms with E-state index < -0.39 is 5.97 Å². The number of phenolic OH excluding ortho intramolecular Hbond substituents is 1. The van der Waals surface area contributed by atoms with E-state index in [2.05, 4.69) is 5.32 Å². The van der Waals surface area contributed by atoms with Gasteiger partial charge >= 0.3 is 5.97 Å². The first-order valence-electron chi connectivity index (χ1n) is 9.86. The van der Waals surface area contributed by atoms with Gasteiger partial charge in [0.05, 0.1) is 0 Å². The molecule has 2 atom stereocenters. The number of hydrogen-bond acceptors (Lipinski definition) is 3. The lowest BCUT2D eigenvalue weighted by Crippen LogP contribution is -2.26. The molecule has 0 radical (unpaired) electrons. The lowest BCUT2D eigenvalue weighted by molar-refractivity contribution is -0.137. The second-order valence-corrected chi connectivity index (χ2v) is 7.30. The van der Waals surface area contributed by atoms with Crippen LogP contribution in [0.1, 0.15) is 75.7 Å². The number of carbonyl (C=O) groups excluding carboxylic acids is 1. The molecule has 26 heavy (non-hydrogen) atoms. The molecule has 1 aliphatic carbocycles. The van der Waals surface area contributed by atoms with Crippen LogP contribution in [0.3, 0.4) is 0 Å². The fourth-order valence-corrected chi connectivity index (χ4v) is 3.38. The molecule has 2 rings (SSSR count). The van der Waals surface area contributed by atoms with Crippen molar-refractivity contribution in [1.82, 2.24) is 5.32 Å². The van der Waals surface area contributed by atoms with E-state index in [9.17, 15) is 14.7 Å². The number of carboxylic acid groups (broad SMARTS) is 1. The number of rotatable bonds is 13. The fourth-order valence-electron chi connectivity index (χ4n) is 3.38. The average molecular weight is 361 g/mol. The maximum atomic E-state index is 12.1. The molecule has 0 aromatic heterocycles. The Morgan fingerprint density at radius 1 is 0.923 bits per heavy atom. The van der Waals surface area contributed by atoms with Crippen LogP contribution in [0.4, 0.5) is 0 Å². The van der Waals surface area contributed by atoms with Gasteiger partial charge in [0.1, 0.15) is 5.75 Å². The van der Waals surface area contributed by atoms with Crippen LogP contribution in [0.25, 0.3) is 0 Å². The van der Waals surface area contributed by atoms with Crippen molar-refractivity contribution in [3.63, 3.8) is 0 Å². The van der Waals surface area contributed by atoms with E-state index in [1.807, 2.05) is 12.1 Å². The molecular weight excluding hydrogens is 330 g/mol. The van der Waals surface area contributed by atoms with Crippen LogP contribution in [-0.2, 0) is 9.59 Å². The van der Waals surface area contributed by atoms with E-state index >= 15 is 0 Å². The Balaban J connectivity index is 1.43. The smallest absolute Gasteiger partial charge is 0.303 e. The largest absolute Gasteiger partial charge is 0.508 e. The molecule has 1 amide bonds. The minimum atomic E-state index is -0.701. The Labute approximate surface area is 155 Å². The third-order valence-electron chi connectivity index (χ3n) is 5.07. The van der Waals surface area contributed by atoms with Gasteiger partial charge in [-0.05, 0) is 42.9 Å². The van der Waals surface area contributed by atoms with Gasteiger partial charge in [-0.1, -0.05) is 50.7 Å². The Hall–Kier alpha value is -2.04. The van der Waals surface area contributed by atoms with Gasteiger partial charge in [0, 0.05) is 18.9 Å². The SMILES string of the molecule is O=C(O)CCCCCCCCCCNC(=O)C1CC1c1ccc(O)cc1. The summed E-state index contributed by atoms with van der Waals surface area (Å²) >= 11 is 0. The van der Waals surface area contributed by atoms with Crippen LogP contribution in [0.15, 0.2) is 24.3 Å². The Kier molecular flexibility index (Phi) is 8.45. The quantitative estimate of drug-likeness (QED) is 0.459. The number of nitrogens with one attached hydrogen (secondary N) is 1. The normalized spacial score (nSPS) is 18.5. The van der Waals surface area contributed by atoms with E-state index in [4.69, 9.17) is 5.11 Å². The molecule has 144 valence electrons. The summed E-state index contributed by atoms with van der Waals surface area (Å²) < 4.78 is 0. The molecule has 1 aromatic carbocycles. The molecule has 0 bridgehead atoms. The van der Waals surface area contributed by atoms with E-state index in [-0.39, 0.29) is 24.0 Å². The summed E-state index contributed by atoms with van der Waals surface area (Å²) in [5, 5.41) is 20.9. The molecule has 1 saturated carbocycles. The minimum Gasteiger partial charge on any atom is -0.508 e. The zero-order valence-corrected chi connectivity index (χ0v) is 15.5. The molecular formula is C21H31NO4. The monoisotopic (exact) mass is 361 g/mol. The van der Waals surface area contributed by atoms with Crippen molar-refractivity contribution >= 4 is 11.9 Å². The summed E-state index contributed by atoms with van der Waals surface area (Å²) in [5.74, 6) is 0.104. The van der Waals surface area contributed by atoms with E-state index in [1.54, 1.807) is 12.1 Å². The number of carbonyl (C=O) groups is 2. The third kappa shape index (κ3) is 7.46. The standard InChI is InChI=1S/C21H31NO4/c23-17-12-10-16(11-13-17)18-15-19(18)21(26)22-14-8-6-4-2-1-3-5-7-9-20(24)25/h10-13,18-19,23H,1-9,14-15H2,(H,22,26)(H,24,25). The summed E-state index contributed by atoms with van der Waals surface area (Å²) in [6.07, 6.45) is 9.77. The van der Waals surface area contributed by atoms with Gasteiger partial charge in [0.2, 0.25) is 5.91 Å². The van der Waals surface area contributed by atoms with Crippen molar-refractivity contribution in [2.75, 3.05) is 6.54 Å². The maximum Gasteiger partial charge on any atom is 0.303 e. The fraction of sp³-hybridized carbons (Fsp3) is 0.619. The van der Waals surface area contributed by atoms with E-state index in [0.717, 1.165) is 50.6 Å². The van der Waals surface area contributed by atoms with Gasteiger partial charge in [-0.3, -0.25) is 9.59 Å². The van der Waals surface area contributed by atoms with Gasteiger partial charge < -0.3 is 15.5 Å². The van der Waals surface area contributed by atoms with Gasteiger partial charge in [0.15, 0.2) is 0 Å². The summed E-state index contributed by atoms with van der Waals surface area (Å²) in [7, 11) is 0. The average Bonchev–Trinajstić information content (AvgIpc) is 3.40. The highest BCUT2D eigenvalue weighted by molar-refractivity contribution is 5.82. The molecule has 0 spiro atoms. The van der Waals surface area contributed by atoms with E-state index in [1.165, 1.54) is 19.3 Å². The van der Waals surface area contributed by atoms with Crippen molar-refractivity contribution in [1.29, 1.82) is 0 Å². The van der Waals surface area contributed by atoms with Crippen LogP contribution in [0.5, 0.6) is 5.75 Å². The van der Waals surface area contributed by atoms with E-state index in [0.29, 0.717) is 5.92 Å². The van der Waals surface area contributed by atoms with Crippen LogP contribution in [0, 0.1) is 5.92 Å². The zero-order valence-electron chi connectivity index (χ0n) is 15.5. The minimum absolute atomic E-state index is 0.0883. The number of benzene rings is 1. The third-order valence-corrected chi connectivity index (χ3v) is 5.07. The number of amides is 1. The molecule has 0 aliphatic heterocycles. The maximum absolute atomic E-state index is 12.1. The molecule has 1 aromatic rings. The molecule has 5 heteroatoms. The lowest BCUT2D eigenvalue weighted by atomic mass is 10.1. The van der Waals surface area contributed by atoms with Crippen LogP contribution >= 0.6 is 0 Å². The Morgan fingerprint density at radius 2 is 1.50 bits per heavy atom. The molecule has 3 N–H and O–H groups in total. The first-order chi connectivity index (χ1) is 12.6. The van der Waals surface area contributed by atoms with Crippen molar-refractivity contribution in [2.45, 2.75) is 70.1 Å². The number of unbranched alkanes of at least 4 members (excludes halogenated alkanes) is 7. The van der Waals surface area contributed by atoms with Crippen molar-refractivity contribution in [3.8, 4) is 5.75 Å². The van der Waals surface area contributed by atoms with Crippen molar-refractivity contribution in [3.05, 3.63) is 29.8 Å². The van der Waals surface area contributed by atoms with Crippen LogP contribution in [-0.4, -0.2) is 28.6 Å². The molecule has 2 unspecified atom stereocenters. The van der Waals surface area contributed by atoms with Crippen molar-refractivity contribution in [2.24, 2.45) is 5.92 Å². The number of hydrogen-bond donors (Lipinski definition) is 3. The van der Waals surface area contributed by atoms with Crippen molar-refractivity contribution < 1.29 is 19.8 Å². The molecule has 1 aliphatic rings. The molecule has 5 nitrogen and oxygen atoms in total. The topological polar surface area (TPSA) is 86.6 Å². The predicted molar refractivity (Wildman–Crippen MR) is 101 cm³/mol. The lowest BCUT2D eigenvalue weighted by Gasteiger charge is -2.06. The Bertz CT molecular complexity index is 570. The number of carboxylic acids is 1. The highest BCUT2D eigenvalue weighted by atomic mass is 16.4. The highest BCUT2D eigenvalue weighted by Crippen LogP contribution is 2.47. The number of aliphatic carboxylic acids is 1. The summed E-state index contributed by atoms with van der Waals surface area (Å²) in [4.78, 5) is 22.5.